The zero-order chi connectivity index (χ0) is 26.8. The molecule has 1 aliphatic heterocycles. The molecule has 0 spiro atoms. The van der Waals surface area contributed by atoms with Crippen molar-refractivity contribution in [3.05, 3.63) is 0 Å². The maximum Gasteiger partial charge on any atom is 0.511 e. The number of urea groups is 1. The Labute approximate surface area is 207 Å². The van der Waals surface area contributed by atoms with Gasteiger partial charge in [0.1, 0.15) is 11.6 Å². The Kier molecular flexibility index (Phi) is 11.7. The molecule has 0 saturated carbocycles. The van der Waals surface area contributed by atoms with E-state index < -0.39 is 42.7 Å². The van der Waals surface area contributed by atoms with Gasteiger partial charge in [0.15, 0.2) is 0 Å². The van der Waals surface area contributed by atoms with E-state index in [2.05, 4.69) is 34.0 Å². The Morgan fingerprint density at radius 3 is 2.40 bits per heavy atom. The molecule has 12 heteroatoms. The van der Waals surface area contributed by atoms with Crippen molar-refractivity contribution in [2.45, 2.75) is 78.6 Å². The lowest BCUT2D eigenvalue weighted by Gasteiger charge is -2.40. The second-order valence-electron chi connectivity index (χ2n) is 10.6. The van der Waals surface area contributed by atoms with E-state index in [1.807, 2.05) is 13.8 Å². The fraction of sp³-hybridized carbons (Fsp3) is 0.826. The summed E-state index contributed by atoms with van der Waals surface area (Å²) in [4.78, 5) is 50.7. The maximum absolute atomic E-state index is 13.1. The Morgan fingerprint density at radius 2 is 1.83 bits per heavy atom. The van der Waals surface area contributed by atoms with E-state index in [0.717, 1.165) is 12.8 Å². The zero-order valence-electron chi connectivity index (χ0n) is 21.7. The van der Waals surface area contributed by atoms with Crippen LogP contribution in [0.25, 0.3) is 0 Å². The Hall–Kier alpha value is -2.60. The summed E-state index contributed by atoms with van der Waals surface area (Å²) in [6.45, 7) is 11.5. The highest BCUT2D eigenvalue weighted by atomic mass is 16.8. The number of esters is 1. The summed E-state index contributed by atoms with van der Waals surface area (Å²) in [5.41, 5.74) is 4.09. The number of hydrogen-bond acceptors (Lipinski definition) is 9. The van der Waals surface area contributed by atoms with Crippen LogP contribution in [0.5, 0.6) is 0 Å². The summed E-state index contributed by atoms with van der Waals surface area (Å²) in [5, 5.41) is 14.6. The van der Waals surface area contributed by atoms with Gasteiger partial charge in [-0.25, -0.2) is 9.59 Å². The number of amides is 3. The number of nitrogens with one attached hydrogen (secondary N) is 2. The molecule has 202 valence electrons. The molecule has 1 aliphatic rings. The lowest BCUT2D eigenvalue weighted by atomic mass is 9.83. The van der Waals surface area contributed by atoms with E-state index in [4.69, 9.17) is 10.5 Å². The number of hydrogen-bond donors (Lipinski definition) is 4. The van der Waals surface area contributed by atoms with Crippen molar-refractivity contribution in [2.75, 3.05) is 33.0 Å². The third-order valence-corrected chi connectivity index (χ3v) is 5.54. The second-order valence-corrected chi connectivity index (χ2v) is 10.6. The van der Waals surface area contributed by atoms with Gasteiger partial charge >= 0.3 is 18.2 Å². The molecule has 1 heterocycles. The van der Waals surface area contributed by atoms with Crippen LogP contribution < -0.4 is 16.4 Å². The molecule has 1 saturated heterocycles. The monoisotopic (exact) mass is 502 g/mol. The first-order valence-corrected chi connectivity index (χ1v) is 11.9. The number of rotatable bonds is 11. The van der Waals surface area contributed by atoms with E-state index in [0.29, 0.717) is 13.1 Å². The average Bonchev–Trinajstić information content (AvgIpc) is 2.74. The molecular weight excluding hydrogens is 460 g/mol. The number of carbonyl (C=O) groups excluding carboxylic acids is 4. The fourth-order valence-electron chi connectivity index (χ4n) is 3.58. The molecule has 1 rings (SSSR count). The first-order valence-electron chi connectivity index (χ1n) is 11.9. The normalized spacial score (nSPS) is 17.2. The average molecular weight is 503 g/mol. The molecule has 2 unspecified atom stereocenters. The molecule has 5 N–H and O–H groups in total. The number of carbonyl (C=O) groups is 4. The molecule has 3 amide bonds. The molecule has 0 aliphatic carbocycles. The minimum absolute atomic E-state index is 0.0394. The van der Waals surface area contributed by atoms with E-state index in [-0.39, 0.29) is 36.8 Å². The Bertz CT molecular complexity index is 741. The van der Waals surface area contributed by atoms with Gasteiger partial charge in [-0.3, -0.25) is 9.59 Å². The van der Waals surface area contributed by atoms with Crippen LogP contribution in [-0.4, -0.2) is 84.8 Å². The van der Waals surface area contributed by atoms with Gasteiger partial charge < -0.3 is 40.6 Å². The largest absolute Gasteiger partial charge is 0.511 e. The summed E-state index contributed by atoms with van der Waals surface area (Å²) >= 11 is 0. The number of ether oxygens (including phenoxy) is 3. The zero-order valence-corrected chi connectivity index (χ0v) is 21.7. The Balaban J connectivity index is 2.49. The molecule has 1 fully saturated rings. The van der Waals surface area contributed by atoms with Crippen molar-refractivity contribution < 1.29 is 38.5 Å². The minimum Gasteiger partial charge on any atom is -0.428 e. The van der Waals surface area contributed by atoms with Crippen molar-refractivity contribution in [2.24, 2.45) is 17.1 Å². The fourth-order valence-corrected chi connectivity index (χ4v) is 3.58. The van der Waals surface area contributed by atoms with Gasteiger partial charge in [0.25, 0.3) is 0 Å². The number of aliphatic hydroxyl groups excluding tert-OH is 1. The first-order chi connectivity index (χ1) is 16.2. The van der Waals surface area contributed by atoms with Crippen LogP contribution in [0.2, 0.25) is 0 Å². The highest BCUT2D eigenvalue weighted by Gasteiger charge is 2.35. The molecule has 0 bridgehead atoms. The lowest BCUT2D eigenvalue weighted by molar-refractivity contribution is -0.156. The van der Waals surface area contributed by atoms with Crippen molar-refractivity contribution in [3.63, 3.8) is 0 Å². The van der Waals surface area contributed by atoms with Gasteiger partial charge in [0.05, 0.1) is 19.1 Å². The molecule has 0 aromatic rings. The van der Waals surface area contributed by atoms with E-state index in [1.165, 1.54) is 0 Å². The smallest absolute Gasteiger partial charge is 0.428 e. The van der Waals surface area contributed by atoms with E-state index in [1.54, 1.807) is 18.7 Å². The molecule has 2 atom stereocenters. The quantitative estimate of drug-likeness (QED) is 0.239. The third kappa shape index (κ3) is 11.6. The lowest BCUT2D eigenvalue weighted by Crippen LogP contribution is -2.57. The van der Waals surface area contributed by atoms with Crippen molar-refractivity contribution in [3.8, 4) is 0 Å². The summed E-state index contributed by atoms with van der Waals surface area (Å²) in [6, 6.07) is -1.25. The SMILES string of the molecule is CC(C)C(NC(=O)NCC(C)(C)OC(=O)OCOC(=O)CC(O)CN)C(=O)N1CCCC(C)(C)C1. The van der Waals surface area contributed by atoms with Crippen LogP contribution in [-0.2, 0) is 23.8 Å². The summed E-state index contributed by atoms with van der Waals surface area (Å²) in [7, 11) is 0. The van der Waals surface area contributed by atoms with Crippen molar-refractivity contribution in [1.29, 1.82) is 0 Å². The first kappa shape index (κ1) is 30.4. The topological polar surface area (TPSA) is 170 Å². The highest BCUT2D eigenvalue weighted by molar-refractivity contribution is 5.87. The van der Waals surface area contributed by atoms with E-state index in [9.17, 15) is 24.3 Å². The molecule has 35 heavy (non-hydrogen) atoms. The Morgan fingerprint density at radius 1 is 1.17 bits per heavy atom. The van der Waals surface area contributed by atoms with Gasteiger partial charge in [-0.2, -0.15) is 0 Å². The minimum atomic E-state index is -1.15. The number of piperidine rings is 1. The van der Waals surface area contributed by atoms with Crippen molar-refractivity contribution >= 4 is 24.1 Å². The van der Waals surface area contributed by atoms with Gasteiger partial charge in [-0.15, -0.1) is 0 Å². The predicted molar refractivity (Wildman–Crippen MR) is 127 cm³/mol. The van der Waals surface area contributed by atoms with Gasteiger partial charge in [-0.1, -0.05) is 27.7 Å². The second kappa shape index (κ2) is 13.5. The van der Waals surface area contributed by atoms with Crippen LogP contribution in [0.3, 0.4) is 0 Å². The predicted octanol–water partition coefficient (Wildman–Crippen LogP) is 1.10. The van der Waals surface area contributed by atoms with Gasteiger partial charge in [-0.05, 0) is 38.0 Å². The highest BCUT2D eigenvalue weighted by Crippen LogP contribution is 2.29. The number of nitrogens with two attached hydrogens (primary N) is 1. The number of likely N-dealkylation sites (tertiary alicyclic amines) is 1. The van der Waals surface area contributed by atoms with Crippen LogP contribution in [0.1, 0.15) is 60.8 Å². The summed E-state index contributed by atoms with van der Waals surface area (Å²) in [5.74, 6) is -1.02. The standard InChI is InChI=1S/C23H42N4O8/c1-15(2)18(19(30)27-9-7-8-22(3,4)13-27)26-20(31)25-12-23(5,6)35-21(32)34-14-33-17(29)10-16(28)11-24/h15-16,18,28H,7-14,24H2,1-6H3,(H2,25,26,31). The molecule has 0 aromatic carbocycles. The molecule has 12 nitrogen and oxygen atoms in total. The molecular formula is C23H42N4O8. The van der Waals surface area contributed by atoms with E-state index >= 15 is 0 Å². The van der Waals surface area contributed by atoms with Gasteiger partial charge in [0.2, 0.25) is 12.7 Å². The molecule has 0 radical (unpaired) electrons. The third-order valence-electron chi connectivity index (χ3n) is 5.54. The van der Waals surface area contributed by atoms with Crippen LogP contribution in [0.15, 0.2) is 0 Å². The number of aliphatic hydroxyl groups is 1. The van der Waals surface area contributed by atoms with Crippen LogP contribution in [0.4, 0.5) is 9.59 Å². The number of nitrogens with zero attached hydrogens (tertiary/aromatic N) is 1. The van der Waals surface area contributed by atoms with Gasteiger partial charge in [0, 0.05) is 19.6 Å². The van der Waals surface area contributed by atoms with Crippen LogP contribution in [0, 0.1) is 11.3 Å². The maximum atomic E-state index is 13.1. The summed E-state index contributed by atoms with van der Waals surface area (Å²) in [6.07, 6.45) is -0.495. The molecule has 0 aromatic heterocycles. The summed E-state index contributed by atoms with van der Waals surface area (Å²) < 4.78 is 14.5. The van der Waals surface area contributed by atoms with Crippen molar-refractivity contribution in [1.82, 2.24) is 15.5 Å². The van der Waals surface area contributed by atoms with Crippen LogP contribution >= 0.6 is 0 Å².